The fourth-order valence-corrected chi connectivity index (χ4v) is 3.24. The number of hydrogen-bond acceptors (Lipinski definition) is 2. The number of benzene rings is 2. The molecule has 21 heavy (non-hydrogen) atoms. The fraction of sp³-hybridized carbons (Fsp3) is 0.118. The molecule has 0 amide bonds. The van der Waals surface area contributed by atoms with Crippen LogP contribution in [-0.4, -0.2) is 4.98 Å². The van der Waals surface area contributed by atoms with E-state index in [0.29, 0.717) is 0 Å². The first-order valence-electron chi connectivity index (χ1n) is 6.69. The van der Waals surface area contributed by atoms with Gasteiger partial charge in [0.25, 0.3) is 0 Å². The van der Waals surface area contributed by atoms with Gasteiger partial charge in [0.1, 0.15) is 0 Å². The zero-order chi connectivity index (χ0) is 14.8. The second-order valence-electron chi connectivity index (χ2n) is 4.93. The van der Waals surface area contributed by atoms with E-state index < -0.39 is 0 Å². The lowest BCUT2D eigenvalue weighted by Crippen LogP contribution is -2.07. The van der Waals surface area contributed by atoms with Crippen molar-refractivity contribution in [2.45, 2.75) is 13.0 Å². The van der Waals surface area contributed by atoms with Gasteiger partial charge in [0, 0.05) is 33.0 Å². The van der Waals surface area contributed by atoms with E-state index in [1.165, 1.54) is 5.39 Å². The van der Waals surface area contributed by atoms with E-state index in [1.807, 2.05) is 36.5 Å². The highest BCUT2D eigenvalue weighted by Crippen LogP contribution is 2.30. The molecule has 1 unspecified atom stereocenters. The van der Waals surface area contributed by atoms with Crippen molar-refractivity contribution < 1.29 is 0 Å². The highest BCUT2D eigenvalue weighted by atomic mass is 79.9. The van der Waals surface area contributed by atoms with E-state index in [1.54, 1.807) is 6.20 Å². The van der Waals surface area contributed by atoms with Crippen LogP contribution in [0.4, 0.5) is 5.69 Å². The molecule has 0 bridgehead atoms. The molecule has 106 valence electrons. The zero-order valence-corrected chi connectivity index (χ0v) is 13.8. The Morgan fingerprint density at radius 1 is 1.19 bits per heavy atom. The maximum atomic E-state index is 6.33. The van der Waals surface area contributed by atoms with E-state index in [4.69, 9.17) is 11.6 Å². The first kappa shape index (κ1) is 14.4. The van der Waals surface area contributed by atoms with Crippen molar-refractivity contribution in [3.05, 3.63) is 69.9 Å². The highest BCUT2D eigenvalue weighted by molar-refractivity contribution is 9.10. The standard InChI is InChI=1S/C17H14BrClN2/c1-11(14-6-5-13(18)9-16(14)19)21-17-4-2-3-12-7-8-20-10-15(12)17/h2-11,21H,1H3. The number of rotatable bonds is 3. The van der Waals surface area contributed by atoms with Gasteiger partial charge >= 0.3 is 0 Å². The molecule has 2 nitrogen and oxygen atoms in total. The highest BCUT2D eigenvalue weighted by Gasteiger charge is 2.11. The van der Waals surface area contributed by atoms with E-state index in [2.05, 4.69) is 45.3 Å². The van der Waals surface area contributed by atoms with Crippen molar-refractivity contribution in [2.75, 3.05) is 5.32 Å². The predicted molar refractivity (Wildman–Crippen MR) is 92.9 cm³/mol. The monoisotopic (exact) mass is 360 g/mol. The Bertz CT molecular complexity index is 783. The molecule has 1 N–H and O–H groups in total. The molecule has 2 aromatic carbocycles. The molecule has 0 radical (unpaired) electrons. The smallest absolute Gasteiger partial charge is 0.0500 e. The molecule has 0 aliphatic heterocycles. The van der Waals surface area contributed by atoms with Gasteiger partial charge in [-0.3, -0.25) is 4.98 Å². The Morgan fingerprint density at radius 3 is 2.86 bits per heavy atom. The maximum Gasteiger partial charge on any atom is 0.0500 e. The third kappa shape index (κ3) is 3.04. The molecule has 3 rings (SSSR count). The summed E-state index contributed by atoms with van der Waals surface area (Å²) in [5.41, 5.74) is 2.13. The van der Waals surface area contributed by atoms with Crippen LogP contribution in [0.5, 0.6) is 0 Å². The van der Waals surface area contributed by atoms with Crippen LogP contribution < -0.4 is 5.32 Å². The van der Waals surface area contributed by atoms with Gasteiger partial charge in [0.15, 0.2) is 0 Å². The molecular formula is C17H14BrClN2. The van der Waals surface area contributed by atoms with Gasteiger partial charge in [-0.1, -0.05) is 45.7 Å². The van der Waals surface area contributed by atoms with Gasteiger partial charge < -0.3 is 5.32 Å². The van der Waals surface area contributed by atoms with Crippen LogP contribution >= 0.6 is 27.5 Å². The molecule has 0 saturated carbocycles. The average molecular weight is 362 g/mol. The quantitative estimate of drug-likeness (QED) is 0.635. The summed E-state index contributed by atoms with van der Waals surface area (Å²) < 4.78 is 0.984. The Kier molecular flexibility index (Phi) is 4.13. The number of anilines is 1. The summed E-state index contributed by atoms with van der Waals surface area (Å²) in [6.07, 6.45) is 3.69. The molecular weight excluding hydrogens is 348 g/mol. The molecule has 1 heterocycles. The molecule has 1 atom stereocenters. The van der Waals surface area contributed by atoms with E-state index in [9.17, 15) is 0 Å². The Hall–Kier alpha value is -1.58. The minimum atomic E-state index is 0.108. The van der Waals surface area contributed by atoms with E-state index in [0.717, 1.165) is 26.1 Å². The van der Waals surface area contributed by atoms with Gasteiger partial charge in [-0.15, -0.1) is 0 Å². The normalized spacial score (nSPS) is 12.3. The van der Waals surface area contributed by atoms with Gasteiger partial charge in [-0.2, -0.15) is 0 Å². The summed E-state index contributed by atoms with van der Waals surface area (Å²) in [6, 6.07) is 14.3. The van der Waals surface area contributed by atoms with Crippen molar-refractivity contribution in [3.63, 3.8) is 0 Å². The lowest BCUT2D eigenvalue weighted by molar-refractivity contribution is 0.886. The number of nitrogens with one attached hydrogen (secondary N) is 1. The van der Waals surface area contributed by atoms with Crippen molar-refractivity contribution in [3.8, 4) is 0 Å². The van der Waals surface area contributed by atoms with Gasteiger partial charge in [-0.25, -0.2) is 0 Å². The minimum absolute atomic E-state index is 0.108. The molecule has 0 saturated heterocycles. The molecule has 3 aromatic rings. The van der Waals surface area contributed by atoms with E-state index >= 15 is 0 Å². The fourth-order valence-electron chi connectivity index (χ4n) is 2.40. The summed E-state index contributed by atoms with van der Waals surface area (Å²) in [5, 5.41) is 6.56. The number of fused-ring (bicyclic) bond motifs is 1. The van der Waals surface area contributed by atoms with Gasteiger partial charge in [0.05, 0.1) is 6.04 Å². The third-order valence-electron chi connectivity index (χ3n) is 3.48. The van der Waals surface area contributed by atoms with Gasteiger partial charge in [-0.05, 0) is 42.1 Å². The first-order valence-corrected chi connectivity index (χ1v) is 7.86. The summed E-state index contributed by atoms with van der Waals surface area (Å²) in [4.78, 5) is 4.21. The third-order valence-corrected chi connectivity index (χ3v) is 4.31. The summed E-state index contributed by atoms with van der Waals surface area (Å²) in [6.45, 7) is 2.10. The van der Waals surface area contributed by atoms with Crippen LogP contribution in [0.25, 0.3) is 10.8 Å². The SMILES string of the molecule is CC(Nc1cccc2ccncc12)c1ccc(Br)cc1Cl. The lowest BCUT2D eigenvalue weighted by atomic mass is 10.1. The van der Waals surface area contributed by atoms with Crippen LogP contribution in [0.3, 0.4) is 0 Å². The Balaban J connectivity index is 1.94. The second kappa shape index (κ2) is 6.04. The number of aromatic nitrogens is 1. The van der Waals surface area contributed by atoms with Crippen LogP contribution in [0.15, 0.2) is 59.3 Å². The lowest BCUT2D eigenvalue weighted by Gasteiger charge is -2.18. The van der Waals surface area contributed by atoms with Crippen LogP contribution in [0.2, 0.25) is 5.02 Å². The molecule has 0 spiro atoms. The van der Waals surface area contributed by atoms with Gasteiger partial charge in [0.2, 0.25) is 0 Å². The Morgan fingerprint density at radius 2 is 2.05 bits per heavy atom. The molecule has 0 aliphatic rings. The van der Waals surface area contributed by atoms with E-state index in [-0.39, 0.29) is 6.04 Å². The van der Waals surface area contributed by atoms with Crippen molar-refractivity contribution in [1.82, 2.24) is 4.98 Å². The predicted octanol–water partition coefficient (Wildman–Crippen LogP) is 5.82. The van der Waals surface area contributed by atoms with Crippen LogP contribution in [0, 0.1) is 0 Å². The average Bonchev–Trinajstić information content (AvgIpc) is 2.47. The minimum Gasteiger partial charge on any atom is -0.378 e. The first-order chi connectivity index (χ1) is 10.1. The molecule has 1 aromatic heterocycles. The number of pyridine rings is 1. The van der Waals surface area contributed by atoms with Crippen molar-refractivity contribution >= 4 is 44.0 Å². The largest absolute Gasteiger partial charge is 0.378 e. The van der Waals surface area contributed by atoms with Crippen LogP contribution in [-0.2, 0) is 0 Å². The maximum absolute atomic E-state index is 6.33. The summed E-state index contributed by atoms with van der Waals surface area (Å²) in [5.74, 6) is 0. The van der Waals surface area contributed by atoms with Crippen molar-refractivity contribution in [2.24, 2.45) is 0 Å². The number of hydrogen-bond donors (Lipinski definition) is 1. The second-order valence-corrected chi connectivity index (χ2v) is 6.26. The zero-order valence-electron chi connectivity index (χ0n) is 11.5. The molecule has 0 aliphatic carbocycles. The topological polar surface area (TPSA) is 24.9 Å². The number of halogens is 2. The summed E-state index contributed by atoms with van der Waals surface area (Å²) in [7, 11) is 0. The molecule has 0 fully saturated rings. The number of nitrogens with zero attached hydrogens (tertiary/aromatic N) is 1. The van der Waals surface area contributed by atoms with Crippen molar-refractivity contribution in [1.29, 1.82) is 0 Å². The Labute approximate surface area is 137 Å². The molecule has 4 heteroatoms. The summed E-state index contributed by atoms with van der Waals surface area (Å²) >= 11 is 9.76. The van der Waals surface area contributed by atoms with Crippen LogP contribution in [0.1, 0.15) is 18.5 Å².